The van der Waals surface area contributed by atoms with E-state index in [0.29, 0.717) is 0 Å². The molecule has 0 fully saturated rings. The van der Waals surface area contributed by atoms with Crippen molar-refractivity contribution >= 4 is 22.1 Å². The minimum Gasteiger partial charge on any atom is -0.480 e. The lowest BCUT2D eigenvalue weighted by Gasteiger charge is -2.24. The predicted molar refractivity (Wildman–Crippen MR) is 112 cm³/mol. The van der Waals surface area contributed by atoms with E-state index in [0.717, 1.165) is 37.7 Å². The SMILES string of the molecule is CN(CCN(CC(=O)O)C(=O)OCC1c2ccccc2-c2ccccc21)S(C)(=O)=O. The molecule has 0 heterocycles. The lowest BCUT2D eigenvalue weighted by atomic mass is 9.98. The third kappa shape index (κ3) is 4.80. The van der Waals surface area contributed by atoms with Gasteiger partial charge in [-0.05, 0) is 22.3 Å². The molecular weight excluding hydrogens is 408 g/mol. The minimum absolute atomic E-state index is 0.0314. The summed E-state index contributed by atoms with van der Waals surface area (Å²) in [6, 6.07) is 15.8. The number of hydrogen-bond donors (Lipinski definition) is 1. The molecule has 0 spiro atoms. The lowest BCUT2D eigenvalue weighted by molar-refractivity contribution is -0.138. The second kappa shape index (κ2) is 8.85. The van der Waals surface area contributed by atoms with Crippen LogP contribution in [-0.4, -0.2) is 74.3 Å². The highest BCUT2D eigenvalue weighted by Gasteiger charge is 2.30. The molecule has 8 nitrogen and oxygen atoms in total. The zero-order valence-electron chi connectivity index (χ0n) is 16.8. The van der Waals surface area contributed by atoms with Crippen molar-refractivity contribution in [2.45, 2.75) is 5.92 Å². The molecule has 0 atom stereocenters. The van der Waals surface area contributed by atoms with Crippen molar-refractivity contribution < 1.29 is 27.9 Å². The highest BCUT2D eigenvalue weighted by atomic mass is 32.2. The van der Waals surface area contributed by atoms with Crippen molar-refractivity contribution in [1.82, 2.24) is 9.21 Å². The molecule has 1 amide bonds. The number of ether oxygens (including phenoxy) is 1. The van der Waals surface area contributed by atoms with Crippen molar-refractivity contribution in [2.75, 3.05) is 39.5 Å². The van der Waals surface area contributed by atoms with Gasteiger partial charge in [0.2, 0.25) is 10.0 Å². The number of rotatable bonds is 8. The number of nitrogens with zero attached hydrogens (tertiary/aromatic N) is 2. The molecule has 30 heavy (non-hydrogen) atoms. The number of hydrogen-bond acceptors (Lipinski definition) is 5. The molecule has 2 aromatic rings. The van der Waals surface area contributed by atoms with Gasteiger partial charge in [-0.3, -0.25) is 9.69 Å². The number of carbonyl (C=O) groups is 2. The van der Waals surface area contributed by atoms with Crippen molar-refractivity contribution in [1.29, 1.82) is 0 Å². The second-order valence-corrected chi connectivity index (χ2v) is 9.29. The molecule has 0 aromatic heterocycles. The molecule has 160 valence electrons. The number of carbonyl (C=O) groups excluding carboxylic acids is 1. The van der Waals surface area contributed by atoms with Crippen LogP contribution in [0.15, 0.2) is 48.5 Å². The van der Waals surface area contributed by atoms with E-state index in [4.69, 9.17) is 9.84 Å². The van der Waals surface area contributed by atoms with Crippen molar-refractivity contribution in [2.24, 2.45) is 0 Å². The summed E-state index contributed by atoms with van der Waals surface area (Å²) in [5.41, 5.74) is 4.28. The van der Waals surface area contributed by atoms with Crippen LogP contribution in [0, 0.1) is 0 Å². The summed E-state index contributed by atoms with van der Waals surface area (Å²) in [4.78, 5) is 24.8. The van der Waals surface area contributed by atoms with Crippen LogP contribution in [0.4, 0.5) is 4.79 Å². The number of sulfonamides is 1. The molecule has 2 aromatic carbocycles. The first kappa shape index (κ1) is 21.8. The lowest BCUT2D eigenvalue weighted by Crippen LogP contribution is -2.42. The van der Waals surface area contributed by atoms with Crippen molar-refractivity contribution in [3.63, 3.8) is 0 Å². The number of benzene rings is 2. The van der Waals surface area contributed by atoms with E-state index in [9.17, 15) is 18.0 Å². The number of carboxylic acids is 1. The molecule has 1 N–H and O–H groups in total. The molecule has 0 unspecified atom stereocenters. The molecule has 0 saturated carbocycles. The summed E-state index contributed by atoms with van der Waals surface area (Å²) in [6.07, 6.45) is 0.253. The first-order valence-electron chi connectivity index (χ1n) is 9.41. The molecule has 0 radical (unpaired) electrons. The highest BCUT2D eigenvalue weighted by molar-refractivity contribution is 7.88. The Morgan fingerprint density at radius 1 is 1.00 bits per heavy atom. The van der Waals surface area contributed by atoms with Crippen LogP contribution in [-0.2, 0) is 19.6 Å². The molecule has 1 aliphatic carbocycles. The van der Waals surface area contributed by atoms with E-state index >= 15 is 0 Å². The maximum atomic E-state index is 12.6. The predicted octanol–water partition coefficient (Wildman–Crippen LogP) is 2.21. The number of likely N-dealkylation sites (N-methyl/N-ethyl adjacent to an activating group) is 1. The van der Waals surface area contributed by atoms with Crippen molar-refractivity contribution in [3.8, 4) is 11.1 Å². The fourth-order valence-corrected chi connectivity index (χ4v) is 3.92. The van der Waals surface area contributed by atoms with Gasteiger partial charge in [-0.15, -0.1) is 0 Å². The van der Waals surface area contributed by atoms with Crippen LogP contribution in [0.5, 0.6) is 0 Å². The zero-order valence-corrected chi connectivity index (χ0v) is 17.6. The average Bonchev–Trinajstić information content (AvgIpc) is 3.02. The molecule has 3 rings (SSSR count). The molecule has 9 heteroatoms. The van der Waals surface area contributed by atoms with Crippen LogP contribution in [0.3, 0.4) is 0 Å². The van der Waals surface area contributed by atoms with Crippen LogP contribution in [0.25, 0.3) is 11.1 Å². The van der Waals surface area contributed by atoms with Crippen LogP contribution >= 0.6 is 0 Å². The zero-order chi connectivity index (χ0) is 21.9. The first-order valence-corrected chi connectivity index (χ1v) is 11.3. The summed E-state index contributed by atoms with van der Waals surface area (Å²) >= 11 is 0. The molecule has 0 saturated heterocycles. The normalized spacial score (nSPS) is 13.0. The summed E-state index contributed by atoms with van der Waals surface area (Å²) in [6.45, 7) is -0.637. The summed E-state index contributed by atoms with van der Waals surface area (Å²) < 4.78 is 29.6. The average molecular weight is 432 g/mol. The van der Waals surface area contributed by atoms with Gasteiger partial charge in [0.1, 0.15) is 13.2 Å². The Hall–Kier alpha value is -2.91. The Labute approximate surface area is 175 Å². The Morgan fingerprint density at radius 2 is 1.53 bits per heavy atom. The minimum atomic E-state index is -3.44. The number of amides is 1. The van der Waals surface area contributed by atoms with Crippen LogP contribution in [0.2, 0.25) is 0 Å². The summed E-state index contributed by atoms with van der Waals surface area (Å²) in [5, 5.41) is 9.12. The summed E-state index contributed by atoms with van der Waals surface area (Å²) in [7, 11) is -2.07. The van der Waals surface area contributed by atoms with Crippen molar-refractivity contribution in [3.05, 3.63) is 59.7 Å². The fourth-order valence-electron chi connectivity index (χ4n) is 3.51. The number of carboxylic acid groups (broad SMARTS) is 1. The van der Waals surface area contributed by atoms with Gasteiger partial charge in [-0.1, -0.05) is 48.5 Å². The maximum Gasteiger partial charge on any atom is 0.410 e. The van der Waals surface area contributed by atoms with E-state index in [2.05, 4.69) is 0 Å². The van der Waals surface area contributed by atoms with Gasteiger partial charge in [-0.2, -0.15) is 0 Å². The summed E-state index contributed by atoms with van der Waals surface area (Å²) in [5.74, 6) is -1.35. The Morgan fingerprint density at radius 3 is 2.03 bits per heavy atom. The molecule has 0 aliphatic heterocycles. The number of fused-ring (bicyclic) bond motifs is 3. The van der Waals surface area contributed by atoms with Gasteiger partial charge >= 0.3 is 12.1 Å². The first-order chi connectivity index (χ1) is 14.2. The van der Waals surface area contributed by atoms with Gasteiger partial charge < -0.3 is 9.84 Å². The molecule has 0 bridgehead atoms. The monoisotopic (exact) mass is 432 g/mol. The number of aliphatic carboxylic acids is 1. The smallest absolute Gasteiger partial charge is 0.410 e. The van der Waals surface area contributed by atoms with Gasteiger partial charge in [0.15, 0.2) is 0 Å². The van der Waals surface area contributed by atoms with E-state index in [1.165, 1.54) is 7.05 Å². The third-order valence-electron chi connectivity index (χ3n) is 5.17. The van der Waals surface area contributed by atoms with Gasteiger partial charge in [0.25, 0.3) is 0 Å². The Balaban J connectivity index is 1.71. The van der Waals surface area contributed by atoms with E-state index in [-0.39, 0.29) is 25.6 Å². The third-order valence-corrected chi connectivity index (χ3v) is 6.49. The molecule has 1 aliphatic rings. The second-order valence-electron chi connectivity index (χ2n) is 7.20. The van der Waals surface area contributed by atoms with E-state index < -0.39 is 28.6 Å². The van der Waals surface area contributed by atoms with Crippen LogP contribution < -0.4 is 0 Å². The maximum absolute atomic E-state index is 12.6. The van der Waals surface area contributed by atoms with Gasteiger partial charge in [-0.25, -0.2) is 17.5 Å². The fraction of sp³-hybridized carbons (Fsp3) is 0.333. The highest BCUT2D eigenvalue weighted by Crippen LogP contribution is 2.44. The van der Waals surface area contributed by atoms with E-state index in [1.54, 1.807) is 0 Å². The topological polar surface area (TPSA) is 104 Å². The largest absolute Gasteiger partial charge is 0.480 e. The quantitative estimate of drug-likeness (QED) is 0.686. The Bertz CT molecular complexity index is 1010. The van der Waals surface area contributed by atoms with Gasteiger partial charge in [0, 0.05) is 26.1 Å². The van der Waals surface area contributed by atoms with E-state index in [1.807, 2.05) is 48.5 Å². The van der Waals surface area contributed by atoms with Gasteiger partial charge in [0.05, 0.1) is 6.26 Å². The Kier molecular flexibility index (Phi) is 6.42. The molecular formula is C21H24N2O6S. The van der Waals surface area contributed by atoms with Crippen LogP contribution in [0.1, 0.15) is 17.0 Å². The standard InChI is InChI=1S/C21H24N2O6S/c1-22(30(2,27)28)11-12-23(13-20(24)25)21(26)29-14-19-17-9-5-3-7-15(17)16-8-4-6-10-18(16)19/h3-10,19H,11-14H2,1-2H3,(H,24,25).